The minimum atomic E-state index is -0.111. The molecule has 0 saturated carbocycles. The normalized spacial score (nSPS) is 25.0. The molecule has 0 radical (unpaired) electrons. The molecule has 1 aromatic rings. The smallest absolute Gasteiger partial charge is 0.238 e. The van der Waals surface area contributed by atoms with Crippen LogP contribution in [0.3, 0.4) is 0 Å². The van der Waals surface area contributed by atoms with Gasteiger partial charge in [0.1, 0.15) is 0 Å². The van der Waals surface area contributed by atoms with Crippen molar-refractivity contribution in [1.82, 2.24) is 10.6 Å². The number of nitrogens with one attached hydrogen (secondary N) is 2. The zero-order valence-electron chi connectivity index (χ0n) is 14.4. The number of ether oxygens (including phenoxy) is 1. The lowest BCUT2D eigenvalue weighted by Gasteiger charge is -2.51. The van der Waals surface area contributed by atoms with Crippen LogP contribution < -0.4 is 15.5 Å². The molecule has 1 spiro atoms. The summed E-state index contributed by atoms with van der Waals surface area (Å²) in [7, 11) is 0. The summed E-state index contributed by atoms with van der Waals surface area (Å²) in [6.07, 6.45) is 3.44. The molecule has 134 valence electrons. The lowest BCUT2D eigenvalue weighted by molar-refractivity contribution is -0.135. The van der Waals surface area contributed by atoms with Crippen molar-refractivity contribution >= 4 is 17.5 Å². The second-order valence-corrected chi connectivity index (χ2v) is 7.33. The fourth-order valence-corrected chi connectivity index (χ4v) is 4.15. The molecule has 25 heavy (non-hydrogen) atoms. The van der Waals surface area contributed by atoms with Crippen molar-refractivity contribution < 1.29 is 14.3 Å². The van der Waals surface area contributed by atoms with Crippen LogP contribution in [0.15, 0.2) is 24.3 Å². The van der Waals surface area contributed by atoms with E-state index in [9.17, 15) is 9.59 Å². The lowest BCUT2D eigenvalue weighted by atomic mass is 9.67. The molecule has 3 saturated heterocycles. The van der Waals surface area contributed by atoms with Crippen LogP contribution in [0.25, 0.3) is 0 Å². The maximum Gasteiger partial charge on any atom is 0.238 e. The Morgan fingerprint density at radius 2 is 2.20 bits per heavy atom. The fourth-order valence-electron chi connectivity index (χ4n) is 4.15. The van der Waals surface area contributed by atoms with E-state index in [2.05, 4.69) is 10.6 Å². The number of hydrogen-bond donors (Lipinski definition) is 2. The molecule has 0 bridgehead atoms. The van der Waals surface area contributed by atoms with Crippen LogP contribution in [0.2, 0.25) is 0 Å². The van der Waals surface area contributed by atoms with Gasteiger partial charge in [0.2, 0.25) is 11.8 Å². The van der Waals surface area contributed by atoms with Gasteiger partial charge < -0.3 is 20.3 Å². The van der Waals surface area contributed by atoms with Crippen LogP contribution in [-0.4, -0.2) is 44.2 Å². The predicted molar refractivity (Wildman–Crippen MR) is 94.2 cm³/mol. The van der Waals surface area contributed by atoms with Gasteiger partial charge in [-0.15, -0.1) is 0 Å². The largest absolute Gasteiger partial charge is 0.381 e. The molecule has 4 rings (SSSR count). The summed E-state index contributed by atoms with van der Waals surface area (Å²) in [5, 5.41) is 6.34. The predicted octanol–water partition coefficient (Wildman–Crippen LogP) is 1.20. The number of amides is 2. The molecule has 1 aromatic carbocycles. The van der Waals surface area contributed by atoms with Gasteiger partial charge in [0.15, 0.2) is 0 Å². The highest BCUT2D eigenvalue weighted by molar-refractivity contribution is 5.95. The highest BCUT2D eigenvalue weighted by Crippen LogP contribution is 2.39. The highest BCUT2D eigenvalue weighted by atomic mass is 16.5. The Kier molecular flexibility index (Phi) is 4.48. The molecule has 3 aliphatic rings. The van der Waals surface area contributed by atoms with Crippen molar-refractivity contribution in [3.63, 3.8) is 0 Å². The maximum atomic E-state index is 12.6. The minimum Gasteiger partial charge on any atom is -0.381 e. The molecule has 3 aliphatic heterocycles. The number of nitrogens with zero attached hydrogens (tertiary/aromatic N) is 1. The van der Waals surface area contributed by atoms with E-state index in [1.807, 2.05) is 29.2 Å². The molecular weight excluding hydrogens is 318 g/mol. The van der Waals surface area contributed by atoms with Crippen LogP contribution in [0.4, 0.5) is 5.69 Å². The Bertz CT molecular complexity index is 670. The molecule has 6 nitrogen and oxygen atoms in total. The van der Waals surface area contributed by atoms with E-state index < -0.39 is 0 Å². The Morgan fingerprint density at radius 3 is 2.88 bits per heavy atom. The number of anilines is 1. The second-order valence-electron chi connectivity index (χ2n) is 7.33. The molecule has 1 atom stereocenters. The molecule has 2 amide bonds. The summed E-state index contributed by atoms with van der Waals surface area (Å²) >= 11 is 0. The first-order chi connectivity index (χ1) is 12.2. The third kappa shape index (κ3) is 3.16. The van der Waals surface area contributed by atoms with Crippen molar-refractivity contribution in [2.45, 2.75) is 38.3 Å². The van der Waals surface area contributed by atoms with E-state index in [-0.39, 0.29) is 23.3 Å². The van der Waals surface area contributed by atoms with Gasteiger partial charge in [-0.05, 0) is 37.0 Å². The summed E-state index contributed by atoms with van der Waals surface area (Å²) in [4.78, 5) is 26.3. The summed E-state index contributed by atoms with van der Waals surface area (Å²) < 4.78 is 5.44. The average molecular weight is 343 g/mol. The zero-order chi connectivity index (χ0) is 17.3. The highest BCUT2D eigenvalue weighted by Gasteiger charge is 2.50. The van der Waals surface area contributed by atoms with Gasteiger partial charge in [-0.25, -0.2) is 0 Å². The Morgan fingerprint density at radius 1 is 1.36 bits per heavy atom. The zero-order valence-corrected chi connectivity index (χ0v) is 14.4. The fraction of sp³-hybridized carbons (Fsp3) is 0.579. The van der Waals surface area contributed by atoms with Gasteiger partial charge in [0, 0.05) is 50.4 Å². The maximum absolute atomic E-state index is 12.6. The van der Waals surface area contributed by atoms with Crippen LogP contribution in [0, 0.1) is 5.41 Å². The standard InChI is InChI=1S/C19H25N3O3/c23-16-5-2-8-22(16)15-4-1-3-14(11-15)12-20-18(24)17-19(13-21-17)6-9-25-10-7-19/h1,3-4,11,17,21H,2,5-10,12-13H2,(H,20,24). The van der Waals surface area contributed by atoms with E-state index in [4.69, 9.17) is 4.74 Å². The van der Waals surface area contributed by atoms with Gasteiger partial charge in [0.25, 0.3) is 0 Å². The van der Waals surface area contributed by atoms with Crippen LogP contribution >= 0.6 is 0 Å². The van der Waals surface area contributed by atoms with E-state index >= 15 is 0 Å². The van der Waals surface area contributed by atoms with Gasteiger partial charge >= 0.3 is 0 Å². The third-order valence-electron chi connectivity index (χ3n) is 5.78. The van der Waals surface area contributed by atoms with Crippen molar-refractivity contribution in [3.05, 3.63) is 29.8 Å². The minimum absolute atomic E-state index is 0.0656. The number of carbonyl (C=O) groups is 2. The number of hydrogen-bond acceptors (Lipinski definition) is 4. The van der Waals surface area contributed by atoms with Gasteiger partial charge in [-0.3, -0.25) is 9.59 Å². The summed E-state index contributed by atoms with van der Waals surface area (Å²) in [5.74, 6) is 0.247. The summed E-state index contributed by atoms with van der Waals surface area (Å²) in [6.45, 7) is 3.67. The van der Waals surface area contributed by atoms with Crippen LogP contribution in [0.5, 0.6) is 0 Å². The molecular formula is C19H25N3O3. The van der Waals surface area contributed by atoms with Crippen molar-refractivity contribution in [3.8, 4) is 0 Å². The van der Waals surface area contributed by atoms with Gasteiger partial charge in [-0.2, -0.15) is 0 Å². The van der Waals surface area contributed by atoms with E-state index in [0.29, 0.717) is 13.0 Å². The molecule has 3 heterocycles. The lowest BCUT2D eigenvalue weighted by Crippen LogP contribution is -2.69. The van der Waals surface area contributed by atoms with E-state index in [1.165, 1.54) is 0 Å². The molecule has 2 N–H and O–H groups in total. The SMILES string of the molecule is O=C(NCc1cccc(N2CCCC2=O)c1)C1NCC12CCOCC2. The Hall–Kier alpha value is -1.92. The first-order valence-electron chi connectivity index (χ1n) is 9.16. The summed E-state index contributed by atoms with van der Waals surface area (Å²) in [6, 6.07) is 7.79. The molecule has 0 aromatic heterocycles. The molecule has 3 fully saturated rings. The second kappa shape index (κ2) is 6.77. The quantitative estimate of drug-likeness (QED) is 0.862. The van der Waals surface area contributed by atoms with Gasteiger partial charge in [-0.1, -0.05) is 12.1 Å². The number of rotatable bonds is 4. The van der Waals surface area contributed by atoms with Crippen molar-refractivity contribution in [1.29, 1.82) is 0 Å². The first-order valence-corrected chi connectivity index (χ1v) is 9.16. The number of benzene rings is 1. The van der Waals surface area contributed by atoms with Crippen LogP contribution in [-0.2, 0) is 20.9 Å². The van der Waals surface area contributed by atoms with Crippen molar-refractivity contribution in [2.24, 2.45) is 5.41 Å². The topological polar surface area (TPSA) is 70.7 Å². The Balaban J connectivity index is 1.37. The third-order valence-corrected chi connectivity index (χ3v) is 5.78. The molecule has 6 heteroatoms. The average Bonchev–Trinajstić information content (AvgIpc) is 3.06. The van der Waals surface area contributed by atoms with Gasteiger partial charge in [0.05, 0.1) is 6.04 Å². The summed E-state index contributed by atoms with van der Waals surface area (Å²) in [5.41, 5.74) is 2.02. The monoisotopic (exact) mass is 343 g/mol. The number of carbonyl (C=O) groups excluding carboxylic acids is 2. The van der Waals surface area contributed by atoms with Crippen molar-refractivity contribution in [2.75, 3.05) is 31.2 Å². The van der Waals surface area contributed by atoms with E-state index in [1.54, 1.807) is 0 Å². The molecule has 1 unspecified atom stereocenters. The van der Waals surface area contributed by atoms with Crippen LogP contribution in [0.1, 0.15) is 31.2 Å². The van der Waals surface area contributed by atoms with E-state index in [0.717, 1.165) is 56.8 Å². The molecule has 0 aliphatic carbocycles. The Labute approximate surface area is 147 Å². The first kappa shape index (κ1) is 16.5.